The molecule has 4 nitrogen and oxygen atoms in total. The number of nitrogens with two attached hydrogens (primary N) is 1. The Balaban J connectivity index is 1.69. The van der Waals surface area contributed by atoms with E-state index in [0.717, 1.165) is 23.0 Å². The first-order chi connectivity index (χ1) is 8.78. The van der Waals surface area contributed by atoms with Crippen LogP contribution in [0.1, 0.15) is 41.1 Å². The molecular weight excluding hydrogens is 264 g/mol. The number of nitrogen functional groups attached to an aromatic ring is 1. The van der Waals surface area contributed by atoms with Crippen LogP contribution in [0.25, 0.3) is 0 Å². The van der Waals surface area contributed by atoms with Crippen LogP contribution in [-0.2, 0) is 13.0 Å². The van der Waals surface area contributed by atoms with E-state index < -0.39 is 0 Å². The van der Waals surface area contributed by atoms with Gasteiger partial charge in [-0.2, -0.15) is 4.37 Å². The van der Waals surface area contributed by atoms with Crippen LogP contribution in [0.2, 0.25) is 0 Å². The second-order valence-electron chi connectivity index (χ2n) is 4.51. The van der Waals surface area contributed by atoms with Gasteiger partial charge < -0.3 is 11.1 Å². The number of hydrogen-bond donors (Lipinski definition) is 2. The summed E-state index contributed by atoms with van der Waals surface area (Å²) in [7, 11) is 0. The Morgan fingerprint density at radius 1 is 1.50 bits per heavy atom. The topological polar surface area (TPSA) is 63.8 Å². The second kappa shape index (κ2) is 4.85. The van der Waals surface area contributed by atoms with Gasteiger partial charge in [0.25, 0.3) is 0 Å². The molecule has 18 heavy (non-hydrogen) atoms. The number of rotatable bonds is 5. The Morgan fingerprint density at radius 3 is 3.00 bits per heavy atom. The van der Waals surface area contributed by atoms with Crippen LogP contribution in [0.3, 0.4) is 0 Å². The van der Waals surface area contributed by atoms with E-state index in [4.69, 9.17) is 5.73 Å². The molecule has 0 aliphatic heterocycles. The zero-order chi connectivity index (χ0) is 12.5. The molecule has 0 unspecified atom stereocenters. The molecular formula is C12H16N4S2. The Kier molecular flexibility index (Phi) is 3.22. The van der Waals surface area contributed by atoms with Gasteiger partial charge in [0.2, 0.25) is 0 Å². The van der Waals surface area contributed by atoms with Crippen LogP contribution in [0.15, 0.2) is 6.20 Å². The molecule has 1 fully saturated rings. The van der Waals surface area contributed by atoms with E-state index in [1.807, 2.05) is 6.20 Å². The number of aryl methyl sites for hydroxylation is 1. The third kappa shape index (κ3) is 2.35. The highest BCUT2D eigenvalue weighted by atomic mass is 32.1. The van der Waals surface area contributed by atoms with Gasteiger partial charge in [-0.3, -0.25) is 0 Å². The van der Waals surface area contributed by atoms with Gasteiger partial charge >= 0.3 is 0 Å². The molecule has 0 amide bonds. The van der Waals surface area contributed by atoms with E-state index >= 15 is 0 Å². The van der Waals surface area contributed by atoms with Gasteiger partial charge in [0.05, 0.1) is 6.54 Å². The van der Waals surface area contributed by atoms with Crippen molar-refractivity contribution >= 4 is 33.7 Å². The molecule has 2 heterocycles. The lowest BCUT2D eigenvalue weighted by atomic mass is 10.2. The van der Waals surface area contributed by atoms with Crippen molar-refractivity contribution in [2.75, 3.05) is 11.1 Å². The largest absolute Gasteiger partial charge is 0.383 e. The fraction of sp³-hybridized carbons (Fsp3) is 0.500. The molecule has 2 aromatic heterocycles. The quantitative estimate of drug-likeness (QED) is 0.882. The predicted molar refractivity (Wildman–Crippen MR) is 77.3 cm³/mol. The number of aromatic nitrogens is 2. The van der Waals surface area contributed by atoms with Gasteiger partial charge in [-0.1, -0.05) is 6.92 Å². The molecule has 0 radical (unpaired) electrons. The van der Waals surface area contributed by atoms with Crippen molar-refractivity contribution in [2.45, 2.75) is 38.6 Å². The van der Waals surface area contributed by atoms with Gasteiger partial charge in [0, 0.05) is 16.6 Å². The minimum atomic E-state index is 0.633. The van der Waals surface area contributed by atoms with Crippen molar-refractivity contribution in [3.05, 3.63) is 21.6 Å². The molecule has 0 atom stereocenters. The summed E-state index contributed by atoms with van der Waals surface area (Å²) in [6, 6.07) is 0. The molecule has 3 N–H and O–H groups in total. The Labute approximate surface area is 114 Å². The zero-order valence-electron chi connectivity index (χ0n) is 10.3. The molecule has 3 rings (SSSR count). The van der Waals surface area contributed by atoms with Crippen molar-refractivity contribution in [2.24, 2.45) is 0 Å². The smallest absolute Gasteiger partial charge is 0.142 e. The van der Waals surface area contributed by atoms with Crippen LogP contribution < -0.4 is 11.1 Å². The highest BCUT2D eigenvalue weighted by Gasteiger charge is 2.30. The summed E-state index contributed by atoms with van der Waals surface area (Å²) >= 11 is 3.24. The maximum Gasteiger partial charge on any atom is 0.142 e. The molecule has 0 aromatic carbocycles. The summed E-state index contributed by atoms with van der Waals surface area (Å²) in [5.41, 5.74) is 7.15. The highest BCUT2D eigenvalue weighted by Crippen LogP contribution is 2.47. The summed E-state index contributed by atoms with van der Waals surface area (Å²) in [4.78, 5) is 5.74. The summed E-state index contributed by atoms with van der Waals surface area (Å²) in [6.45, 7) is 2.92. The maximum atomic E-state index is 5.92. The molecule has 1 saturated carbocycles. The van der Waals surface area contributed by atoms with E-state index in [9.17, 15) is 0 Å². The normalized spacial score (nSPS) is 14.9. The SMILES string of the molecule is CCc1cnc(CNc2snc(N)c2C2CC2)s1. The van der Waals surface area contributed by atoms with Crippen molar-refractivity contribution < 1.29 is 0 Å². The van der Waals surface area contributed by atoms with Crippen LogP contribution in [0.5, 0.6) is 0 Å². The second-order valence-corrected chi connectivity index (χ2v) is 6.49. The monoisotopic (exact) mass is 280 g/mol. The molecule has 0 spiro atoms. The lowest BCUT2D eigenvalue weighted by molar-refractivity contribution is 1.08. The van der Waals surface area contributed by atoms with E-state index in [1.54, 1.807) is 11.3 Å². The number of nitrogens with one attached hydrogen (secondary N) is 1. The standard InChI is InChI=1S/C12H16N4S2/c1-2-8-5-14-9(17-8)6-15-12-10(7-3-4-7)11(13)16-18-12/h5,7,15H,2-4,6H2,1H3,(H2,13,16). The average molecular weight is 280 g/mol. The Morgan fingerprint density at radius 2 is 2.33 bits per heavy atom. The number of nitrogens with zero attached hydrogens (tertiary/aromatic N) is 2. The summed E-state index contributed by atoms with van der Waals surface area (Å²) < 4.78 is 4.25. The molecule has 2 aromatic rings. The van der Waals surface area contributed by atoms with Crippen LogP contribution >= 0.6 is 22.9 Å². The first-order valence-electron chi connectivity index (χ1n) is 6.20. The van der Waals surface area contributed by atoms with Gasteiger partial charge in [-0.25, -0.2) is 4.98 Å². The van der Waals surface area contributed by atoms with Crippen molar-refractivity contribution in [1.82, 2.24) is 9.36 Å². The number of hydrogen-bond acceptors (Lipinski definition) is 6. The molecule has 1 aliphatic carbocycles. The average Bonchev–Trinajstić information content (AvgIpc) is 2.98. The van der Waals surface area contributed by atoms with Crippen LogP contribution in [-0.4, -0.2) is 9.36 Å². The first kappa shape index (κ1) is 11.9. The molecule has 0 saturated heterocycles. The first-order valence-corrected chi connectivity index (χ1v) is 7.79. The molecule has 0 bridgehead atoms. The minimum absolute atomic E-state index is 0.633. The van der Waals surface area contributed by atoms with Crippen molar-refractivity contribution in [3.8, 4) is 0 Å². The fourth-order valence-electron chi connectivity index (χ4n) is 1.95. The highest BCUT2D eigenvalue weighted by molar-refractivity contribution is 7.11. The summed E-state index contributed by atoms with van der Waals surface area (Å²) in [6.07, 6.45) is 5.51. The Bertz CT molecular complexity index is 542. The molecule has 1 aliphatic rings. The lowest BCUT2D eigenvalue weighted by Gasteiger charge is -2.04. The lowest BCUT2D eigenvalue weighted by Crippen LogP contribution is -2.00. The van der Waals surface area contributed by atoms with Crippen molar-refractivity contribution in [1.29, 1.82) is 0 Å². The Hall–Kier alpha value is -1.14. The number of thiazole rings is 1. The number of anilines is 2. The third-order valence-corrected chi connectivity index (χ3v) is 5.07. The van der Waals surface area contributed by atoms with Crippen LogP contribution in [0.4, 0.5) is 10.8 Å². The van der Waals surface area contributed by atoms with Gasteiger partial charge in [0.1, 0.15) is 15.8 Å². The van der Waals surface area contributed by atoms with E-state index in [-0.39, 0.29) is 0 Å². The third-order valence-electron chi connectivity index (χ3n) is 3.09. The molecule has 96 valence electrons. The maximum absolute atomic E-state index is 5.92. The van der Waals surface area contributed by atoms with E-state index in [1.165, 1.54) is 34.8 Å². The van der Waals surface area contributed by atoms with Crippen molar-refractivity contribution in [3.63, 3.8) is 0 Å². The summed E-state index contributed by atoms with van der Waals surface area (Å²) in [5.74, 6) is 1.34. The van der Waals surface area contributed by atoms with Gasteiger partial charge in [0.15, 0.2) is 0 Å². The minimum Gasteiger partial charge on any atom is -0.383 e. The van der Waals surface area contributed by atoms with Crippen LogP contribution in [0, 0.1) is 0 Å². The molecule has 6 heteroatoms. The van der Waals surface area contributed by atoms with E-state index in [0.29, 0.717) is 11.7 Å². The predicted octanol–water partition coefficient (Wildman–Crippen LogP) is 3.23. The van der Waals surface area contributed by atoms with E-state index in [2.05, 4.69) is 21.6 Å². The summed E-state index contributed by atoms with van der Waals surface area (Å²) in [5, 5.41) is 5.69. The van der Waals surface area contributed by atoms with Gasteiger partial charge in [-0.05, 0) is 36.7 Å². The zero-order valence-corrected chi connectivity index (χ0v) is 11.9. The van der Waals surface area contributed by atoms with Gasteiger partial charge in [-0.15, -0.1) is 11.3 Å². The fourth-order valence-corrected chi connectivity index (χ4v) is 3.55.